The fourth-order valence-electron chi connectivity index (χ4n) is 1.37. The molecule has 0 bridgehead atoms. The Bertz CT molecular complexity index is 706. The van der Waals surface area contributed by atoms with E-state index in [1.807, 2.05) is 0 Å². The summed E-state index contributed by atoms with van der Waals surface area (Å²) in [5.74, 6) is -0.638. The molecule has 3 N–H and O–H groups in total. The van der Waals surface area contributed by atoms with Gasteiger partial charge in [-0.05, 0) is 6.07 Å². The summed E-state index contributed by atoms with van der Waals surface area (Å²) in [5.41, 5.74) is -0.590. The lowest BCUT2D eigenvalue weighted by atomic mass is 10.2. The maximum absolute atomic E-state index is 11.7. The second kappa shape index (κ2) is 4.94. The number of non-ortho nitro benzene ring substituents is 1. The van der Waals surface area contributed by atoms with Gasteiger partial charge in [-0.3, -0.25) is 29.9 Å². The molecule has 0 radical (unpaired) electrons. The maximum Gasteiger partial charge on any atom is 0.273 e. The Kier molecular flexibility index (Phi) is 3.34. The van der Waals surface area contributed by atoms with E-state index >= 15 is 0 Å². The Morgan fingerprint density at radius 1 is 1.32 bits per heavy atom. The molecule has 1 aromatic carbocycles. The number of nitrogens with one attached hydrogen (secondary N) is 3. The highest BCUT2D eigenvalue weighted by Crippen LogP contribution is 2.26. The number of carbonyl (C=O) groups is 1. The Balaban J connectivity index is 2.28. The van der Waals surface area contributed by atoms with Crippen LogP contribution in [0.3, 0.4) is 0 Å². The van der Waals surface area contributed by atoms with Crippen LogP contribution >= 0.6 is 11.6 Å². The molecule has 8 nitrogen and oxygen atoms in total. The minimum absolute atomic E-state index is 0.00688. The Hall–Kier alpha value is -2.61. The topological polar surface area (TPSA) is 121 Å². The van der Waals surface area contributed by atoms with Crippen molar-refractivity contribution in [3.8, 4) is 0 Å². The molecule has 0 saturated heterocycles. The maximum atomic E-state index is 11.7. The lowest BCUT2D eigenvalue weighted by molar-refractivity contribution is -0.384. The first-order valence-corrected chi connectivity index (χ1v) is 5.38. The molecule has 1 aromatic heterocycles. The highest BCUT2D eigenvalue weighted by atomic mass is 35.5. The minimum atomic E-state index is -0.638. The van der Waals surface area contributed by atoms with Crippen LogP contribution in [0.1, 0.15) is 10.5 Å². The first kappa shape index (κ1) is 12.8. The number of hydrogen-bond acceptors (Lipinski definition) is 4. The largest absolute Gasteiger partial charge is 0.319 e. The average molecular weight is 283 g/mol. The van der Waals surface area contributed by atoms with Gasteiger partial charge >= 0.3 is 0 Å². The molecule has 1 heterocycles. The van der Waals surface area contributed by atoms with Crippen LogP contribution in [-0.2, 0) is 0 Å². The Labute approximate surface area is 110 Å². The zero-order valence-electron chi connectivity index (χ0n) is 9.27. The number of benzene rings is 1. The van der Waals surface area contributed by atoms with E-state index in [4.69, 9.17) is 11.6 Å². The van der Waals surface area contributed by atoms with Crippen molar-refractivity contribution in [2.45, 2.75) is 0 Å². The third-order valence-electron chi connectivity index (χ3n) is 2.25. The summed E-state index contributed by atoms with van der Waals surface area (Å²) in [4.78, 5) is 32.6. The molecule has 0 aliphatic rings. The van der Waals surface area contributed by atoms with Gasteiger partial charge < -0.3 is 5.32 Å². The summed E-state index contributed by atoms with van der Waals surface area (Å²) < 4.78 is 0. The molecule has 0 saturated carbocycles. The third-order valence-corrected chi connectivity index (χ3v) is 2.58. The van der Waals surface area contributed by atoms with E-state index in [0.29, 0.717) is 0 Å². The molecule has 9 heteroatoms. The van der Waals surface area contributed by atoms with Crippen LogP contribution in [0.4, 0.5) is 11.4 Å². The highest BCUT2D eigenvalue weighted by molar-refractivity contribution is 6.34. The van der Waals surface area contributed by atoms with E-state index in [1.54, 1.807) is 0 Å². The molecule has 0 unspecified atom stereocenters. The van der Waals surface area contributed by atoms with E-state index in [9.17, 15) is 19.7 Å². The highest BCUT2D eigenvalue weighted by Gasteiger charge is 2.14. The summed E-state index contributed by atoms with van der Waals surface area (Å²) in [6.45, 7) is 0. The third kappa shape index (κ3) is 2.80. The number of hydrogen-bond donors (Lipinski definition) is 3. The first-order valence-electron chi connectivity index (χ1n) is 5.00. The molecule has 0 fully saturated rings. The normalized spacial score (nSPS) is 10.2. The fraction of sp³-hybridized carbons (Fsp3) is 0. The van der Waals surface area contributed by atoms with Crippen LogP contribution in [0.5, 0.6) is 0 Å². The average Bonchev–Trinajstić information content (AvgIpc) is 2.78. The quantitative estimate of drug-likeness (QED) is 0.583. The summed E-state index contributed by atoms with van der Waals surface area (Å²) in [6.07, 6.45) is 0. The molecule has 2 aromatic rings. The van der Waals surface area contributed by atoms with Crippen LogP contribution in [0.25, 0.3) is 0 Å². The summed E-state index contributed by atoms with van der Waals surface area (Å²) in [7, 11) is 0. The van der Waals surface area contributed by atoms with E-state index in [1.165, 1.54) is 12.1 Å². The standard InChI is InChI=1S/C10H7ClN4O4/c11-6-2-1-5(15(18)19)3-7(6)12-10(17)8-4-9(16)14-13-8/h1-4H,(H,12,17)(H2,13,14,16). The van der Waals surface area contributed by atoms with Gasteiger partial charge in [0.15, 0.2) is 0 Å². The smallest absolute Gasteiger partial charge is 0.273 e. The van der Waals surface area contributed by atoms with Crippen molar-refractivity contribution in [1.82, 2.24) is 10.2 Å². The number of carbonyl (C=O) groups excluding carboxylic acids is 1. The van der Waals surface area contributed by atoms with Crippen LogP contribution in [0.15, 0.2) is 29.1 Å². The van der Waals surface area contributed by atoms with Crippen molar-refractivity contribution in [3.63, 3.8) is 0 Å². The van der Waals surface area contributed by atoms with Crippen LogP contribution in [0, 0.1) is 10.1 Å². The van der Waals surface area contributed by atoms with Crippen molar-refractivity contribution in [3.05, 3.63) is 55.5 Å². The Morgan fingerprint density at radius 2 is 2.05 bits per heavy atom. The van der Waals surface area contributed by atoms with Gasteiger partial charge in [0.1, 0.15) is 5.69 Å². The predicted molar refractivity (Wildman–Crippen MR) is 67.5 cm³/mol. The number of amides is 1. The monoisotopic (exact) mass is 282 g/mol. The van der Waals surface area contributed by atoms with Crippen molar-refractivity contribution in [2.24, 2.45) is 0 Å². The molecule has 0 atom stereocenters. The molecule has 0 spiro atoms. The van der Waals surface area contributed by atoms with Gasteiger partial charge in [-0.2, -0.15) is 0 Å². The number of H-pyrrole nitrogens is 2. The van der Waals surface area contributed by atoms with Gasteiger partial charge in [-0.25, -0.2) is 0 Å². The molecule has 0 aliphatic carbocycles. The lowest BCUT2D eigenvalue weighted by Crippen LogP contribution is -2.13. The van der Waals surface area contributed by atoms with Gasteiger partial charge in [0.05, 0.1) is 15.6 Å². The first-order chi connectivity index (χ1) is 8.97. The number of nitro benzene ring substituents is 1. The summed E-state index contributed by atoms with van der Waals surface area (Å²) >= 11 is 5.82. The molecule has 98 valence electrons. The fourth-order valence-corrected chi connectivity index (χ4v) is 1.53. The zero-order valence-corrected chi connectivity index (χ0v) is 10.0. The summed E-state index contributed by atoms with van der Waals surface area (Å²) in [6, 6.07) is 4.71. The zero-order chi connectivity index (χ0) is 14.0. The van der Waals surface area contributed by atoms with Gasteiger partial charge in [0, 0.05) is 18.2 Å². The van der Waals surface area contributed by atoms with Crippen molar-refractivity contribution < 1.29 is 9.72 Å². The van der Waals surface area contributed by atoms with Crippen LogP contribution in [-0.4, -0.2) is 21.0 Å². The molecule has 1 amide bonds. The van der Waals surface area contributed by atoms with Gasteiger partial charge in [0.2, 0.25) is 0 Å². The van der Waals surface area contributed by atoms with Crippen molar-refractivity contribution in [2.75, 3.05) is 5.32 Å². The van der Waals surface area contributed by atoms with Crippen molar-refractivity contribution in [1.29, 1.82) is 0 Å². The number of rotatable bonds is 3. The summed E-state index contributed by atoms with van der Waals surface area (Å²) in [5, 5.41) is 17.7. The number of aromatic amines is 2. The molecular formula is C10H7ClN4O4. The van der Waals surface area contributed by atoms with Crippen LogP contribution < -0.4 is 10.9 Å². The minimum Gasteiger partial charge on any atom is -0.319 e. The van der Waals surface area contributed by atoms with Gasteiger partial charge in [0.25, 0.3) is 17.2 Å². The van der Waals surface area contributed by atoms with E-state index in [2.05, 4.69) is 15.5 Å². The van der Waals surface area contributed by atoms with E-state index in [-0.39, 0.29) is 22.1 Å². The predicted octanol–water partition coefficient (Wildman–Crippen LogP) is 1.52. The molecule has 19 heavy (non-hydrogen) atoms. The second-order valence-corrected chi connectivity index (χ2v) is 3.95. The van der Waals surface area contributed by atoms with Crippen LogP contribution in [0.2, 0.25) is 5.02 Å². The van der Waals surface area contributed by atoms with Crippen molar-refractivity contribution >= 4 is 28.9 Å². The number of anilines is 1. The lowest BCUT2D eigenvalue weighted by Gasteiger charge is -2.05. The number of aromatic nitrogens is 2. The SMILES string of the molecule is O=C(Nc1cc([N+](=O)[O-])ccc1Cl)c1cc(=O)[nH][nH]1. The number of nitro groups is 1. The number of nitrogens with zero attached hydrogens (tertiary/aromatic N) is 1. The number of halogens is 1. The van der Waals surface area contributed by atoms with E-state index < -0.39 is 16.4 Å². The molecule has 0 aliphatic heterocycles. The van der Waals surface area contributed by atoms with Gasteiger partial charge in [-0.1, -0.05) is 11.6 Å². The van der Waals surface area contributed by atoms with E-state index in [0.717, 1.165) is 12.1 Å². The Morgan fingerprint density at radius 3 is 2.63 bits per heavy atom. The molecular weight excluding hydrogens is 276 g/mol. The second-order valence-electron chi connectivity index (χ2n) is 3.55. The van der Waals surface area contributed by atoms with Gasteiger partial charge in [-0.15, -0.1) is 0 Å². The molecule has 2 rings (SSSR count).